The van der Waals surface area contributed by atoms with E-state index >= 15 is 0 Å². The number of carboxylic acids is 1. The molecule has 2 aromatic carbocycles. The van der Waals surface area contributed by atoms with Gasteiger partial charge in [0, 0.05) is 18.0 Å². The van der Waals surface area contributed by atoms with E-state index in [2.05, 4.69) is 0 Å². The summed E-state index contributed by atoms with van der Waals surface area (Å²) in [6.45, 7) is 2.93. The molecule has 0 radical (unpaired) electrons. The molecule has 10 heteroatoms. The number of amides is 4. The van der Waals surface area contributed by atoms with Crippen LogP contribution in [0.25, 0.3) is 0 Å². The number of anilines is 2. The van der Waals surface area contributed by atoms with Crippen LogP contribution in [-0.2, 0) is 11.3 Å². The van der Waals surface area contributed by atoms with E-state index in [9.17, 15) is 19.5 Å². The Morgan fingerprint density at radius 1 is 0.947 bits per heavy atom. The second-order valence-corrected chi connectivity index (χ2v) is 11.2. The van der Waals surface area contributed by atoms with Crippen LogP contribution < -0.4 is 4.90 Å². The second-order valence-electron chi connectivity index (χ2n) is 9.43. The number of nitrogens with zero attached hydrogens (tertiary/aromatic N) is 4. The summed E-state index contributed by atoms with van der Waals surface area (Å²) < 4.78 is 0.656. The molecule has 0 aliphatic carbocycles. The molecule has 2 aliphatic rings. The van der Waals surface area contributed by atoms with E-state index in [1.54, 1.807) is 20.8 Å². The van der Waals surface area contributed by atoms with Gasteiger partial charge in [0.15, 0.2) is 6.04 Å². The van der Waals surface area contributed by atoms with Crippen molar-refractivity contribution >= 4 is 52.3 Å². The number of halogens is 1. The van der Waals surface area contributed by atoms with Gasteiger partial charge in [0.05, 0.1) is 34.3 Å². The zero-order valence-electron chi connectivity index (χ0n) is 20.9. The number of piperazine rings is 1. The smallest absolute Gasteiger partial charge is 0.329 e. The Kier molecular flexibility index (Phi) is 7.58. The van der Waals surface area contributed by atoms with Crippen molar-refractivity contribution in [2.75, 3.05) is 18.0 Å². The molecule has 1 aromatic heterocycles. The van der Waals surface area contributed by atoms with Gasteiger partial charge in [-0.3, -0.25) is 4.90 Å². The van der Waals surface area contributed by atoms with Crippen molar-refractivity contribution in [2.24, 2.45) is 0 Å². The summed E-state index contributed by atoms with van der Waals surface area (Å²) in [5.74, 6) is -1.12. The zero-order valence-corrected chi connectivity index (χ0v) is 22.5. The summed E-state index contributed by atoms with van der Waals surface area (Å²) in [5.41, 5.74) is 1.29. The van der Waals surface area contributed by atoms with Gasteiger partial charge < -0.3 is 19.8 Å². The topological polar surface area (TPSA) is 84.4 Å². The van der Waals surface area contributed by atoms with Gasteiger partial charge in [0.1, 0.15) is 0 Å². The minimum absolute atomic E-state index is 0.149. The number of carboxylic acid groups (broad SMARTS) is 1. The fourth-order valence-corrected chi connectivity index (χ4v) is 6.60. The number of hydrogen-bond acceptors (Lipinski definition) is 4. The maximum absolute atomic E-state index is 14.1. The molecular weight excluding hydrogens is 524 g/mol. The summed E-state index contributed by atoms with van der Waals surface area (Å²) >= 11 is 7.51. The molecule has 3 aromatic rings. The first-order chi connectivity index (χ1) is 18.4. The zero-order chi connectivity index (χ0) is 26.8. The van der Waals surface area contributed by atoms with Crippen molar-refractivity contribution in [1.82, 2.24) is 14.7 Å². The number of urea groups is 2. The molecule has 38 heavy (non-hydrogen) atoms. The van der Waals surface area contributed by atoms with Gasteiger partial charge >= 0.3 is 18.0 Å². The number of aliphatic carboxylic acids is 1. The van der Waals surface area contributed by atoms with Crippen LogP contribution in [0.2, 0.25) is 4.34 Å². The first-order valence-electron chi connectivity index (χ1n) is 12.6. The van der Waals surface area contributed by atoms with Crippen molar-refractivity contribution in [3.8, 4) is 0 Å². The van der Waals surface area contributed by atoms with E-state index in [1.807, 2.05) is 73.7 Å². The van der Waals surface area contributed by atoms with Crippen molar-refractivity contribution in [2.45, 2.75) is 44.4 Å². The number of carbonyl (C=O) groups excluding carboxylic acids is 2. The molecule has 2 bridgehead atoms. The SMILES string of the molecule is CCN(Cc1ccc(Cl)s1)C(=O)N1[C@H]2CC[C@@H]1[C@@H](C(=O)O)N(C(=O)N(c1ccccc1)c1ccccc1)C2. The molecule has 198 valence electrons. The normalized spacial score (nSPS) is 20.3. The summed E-state index contributed by atoms with van der Waals surface area (Å²) in [4.78, 5) is 47.9. The summed E-state index contributed by atoms with van der Waals surface area (Å²) in [5, 5.41) is 10.4. The highest BCUT2D eigenvalue weighted by molar-refractivity contribution is 7.16. The van der Waals surface area contributed by atoms with E-state index in [-0.39, 0.29) is 18.6 Å². The lowest BCUT2D eigenvalue weighted by molar-refractivity contribution is -0.145. The molecule has 2 aliphatic heterocycles. The monoisotopic (exact) mass is 552 g/mol. The molecule has 0 saturated carbocycles. The highest BCUT2D eigenvalue weighted by Crippen LogP contribution is 2.38. The fraction of sp³-hybridized carbons (Fsp3) is 0.321. The Labute approximate surface area is 230 Å². The van der Waals surface area contributed by atoms with E-state index in [1.165, 1.54) is 16.2 Å². The number of carbonyl (C=O) groups is 3. The molecular formula is C28H29ClN4O4S. The number of para-hydroxylation sites is 2. The molecule has 2 saturated heterocycles. The van der Waals surface area contributed by atoms with Gasteiger partial charge in [-0.25, -0.2) is 14.4 Å². The van der Waals surface area contributed by atoms with Gasteiger partial charge in [0.2, 0.25) is 0 Å². The highest BCUT2D eigenvalue weighted by Gasteiger charge is 2.54. The Hall–Kier alpha value is -3.56. The first kappa shape index (κ1) is 26.1. The molecule has 0 unspecified atom stereocenters. The number of likely N-dealkylation sites (tertiary alicyclic amines) is 1. The molecule has 3 atom stereocenters. The maximum Gasteiger partial charge on any atom is 0.329 e. The van der Waals surface area contributed by atoms with Gasteiger partial charge in [-0.05, 0) is 56.2 Å². The minimum Gasteiger partial charge on any atom is -0.480 e. The van der Waals surface area contributed by atoms with Gasteiger partial charge in [-0.1, -0.05) is 48.0 Å². The highest BCUT2D eigenvalue weighted by atomic mass is 35.5. The number of hydrogen-bond donors (Lipinski definition) is 1. The van der Waals surface area contributed by atoms with Crippen molar-refractivity contribution in [3.05, 3.63) is 82.0 Å². The molecule has 5 rings (SSSR count). The summed E-state index contributed by atoms with van der Waals surface area (Å²) in [7, 11) is 0. The molecule has 4 amide bonds. The van der Waals surface area contributed by atoms with E-state index in [0.717, 1.165) is 4.88 Å². The lowest BCUT2D eigenvalue weighted by Crippen LogP contribution is -2.67. The largest absolute Gasteiger partial charge is 0.480 e. The quantitative estimate of drug-likeness (QED) is 0.412. The average Bonchev–Trinajstić information content (AvgIpc) is 3.48. The molecule has 0 spiro atoms. The van der Waals surface area contributed by atoms with Gasteiger partial charge in [0.25, 0.3) is 0 Å². The average molecular weight is 553 g/mol. The Morgan fingerprint density at radius 2 is 1.58 bits per heavy atom. The van der Waals surface area contributed by atoms with Crippen molar-refractivity contribution in [1.29, 1.82) is 0 Å². The lowest BCUT2D eigenvalue weighted by Gasteiger charge is -2.47. The van der Waals surface area contributed by atoms with Crippen LogP contribution in [-0.4, -0.2) is 69.1 Å². The van der Waals surface area contributed by atoms with Crippen LogP contribution in [0.4, 0.5) is 21.0 Å². The Balaban J connectivity index is 1.44. The lowest BCUT2D eigenvalue weighted by atomic mass is 10.0. The number of fused-ring (bicyclic) bond motifs is 2. The predicted octanol–water partition coefficient (Wildman–Crippen LogP) is 5.90. The molecule has 8 nitrogen and oxygen atoms in total. The summed E-state index contributed by atoms with van der Waals surface area (Å²) in [6.07, 6.45) is 1.17. The van der Waals surface area contributed by atoms with Crippen LogP contribution in [0.1, 0.15) is 24.6 Å². The third-order valence-electron chi connectivity index (χ3n) is 7.22. The Morgan fingerprint density at radius 3 is 2.11 bits per heavy atom. The summed E-state index contributed by atoms with van der Waals surface area (Å²) in [6, 6.07) is 19.4. The Bertz CT molecular complexity index is 1260. The molecule has 2 fully saturated rings. The van der Waals surface area contributed by atoms with Gasteiger partial charge in [-0.2, -0.15) is 0 Å². The van der Waals surface area contributed by atoms with E-state index < -0.39 is 24.1 Å². The predicted molar refractivity (Wildman–Crippen MR) is 148 cm³/mol. The number of rotatable bonds is 6. The maximum atomic E-state index is 14.1. The van der Waals surface area contributed by atoms with Crippen molar-refractivity contribution < 1.29 is 19.5 Å². The van der Waals surface area contributed by atoms with Crippen LogP contribution >= 0.6 is 22.9 Å². The second kappa shape index (κ2) is 11.0. The van der Waals surface area contributed by atoms with Crippen LogP contribution in [0.5, 0.6) is 0 Å². The fourth-order valence-electron chi connectivity index (χ4n) is 5.50. The molecule has 1 N–H and O–H groups in total. The third-order valence-corrected chi connectivity index (χ3v) is 8.44. The standard InChI is InChI=1S/C28H29ClN4O4S/c1-2-30(18-22-14-16-24(29)38-22)27(36)33-21-13-15-23(33)25(26(34)35)31(17-21)28(37)32(19-9-5-3-6-10-19)20-11-7-4-8-12-20/h3-12,14,16,21,23,25H,2,13,15,17-18H2,1H3,(H,34,35)/t21-,23+,25-/m0/s1. The molecule has 3 heterocycles. The first-order valence-corrected chi connectivity index (χ1v) is 13.8. The van der Waals surface area contributed by atoms with Gasteiger partial charge in [-0.15, -0.1) is 11.3 Å². The number of benzene rings is 2. The van der Waals surface area contributed by atoms with Crippen LogP contribution in [0, 0.1) is 0 Å². The van der Waals surface area contributed by atoms with E-state index in [0.29, 0.717) is 41.6 Å². The third kappa shape index (κ3) is 4.96. The van der Waals surface area contributed by atoms with Crippen LogP contribution in [0.3, 0.4) is 0 Å². The van der Waals surface area contributed by atoms with Crippen molar-refractivity contribution in [3.63, 3.8) is 0 Å². The van der Waals surface area contributed by atoms with Crippen LogP contribution in [0.15, 0.2) is 72.8 Å². The van der Waals surface area contributed by atoms with E-state index in [4.69, 9.17) is 11.6 Å². The minimum atomic E-state index is -1.16. The number of thiophene rings is 1.